The summed E-state index contributed by atoms with van der Waals surface area (Å²) < 4.78 is 37.3. The van der Waals surface area contributed by atoms with Crippen molar-refractivity contribution in [2.24, 2.45) is 0 Å². The molecule has 2 heterocycles. The molecule has 4 aromatic rings. The third-order valence-corrected chi connectivity index (χ3v) is 6.68. The van der Waals surface area contributed by atoms with Crippen LogP contribution in [0.4, 0.5) is 0 Å². The number of aryl methyl sites for hydroxylation is 2. The molecule has 0 bridgehead atoms. The third kappa shape index (κ3) is 4.18. The first-order valence-electron chi connectivity index (χ1n) is 8.80. The van der Waals surface area contributed by atoms with E-state index in [-0.39, 0.29) is 16.5 Å². The lowest BCUT2D eigenvalue weighted by molar-refractivity contribution is 0.413. The van der Waals surface area contributed by atoms with Crippen molar-refractivity contribution in [2.45, 2.75) is 24.5 Å². The van der Waals surface area contributed by atoms with Gasteiger partial charge in [0.25, 0.3) is 5.89 Å². The van der Waals surface area contributed by atoms with E-state index in [1.807, 2.05) is 38.1 Å². The summed E-state index contributed by atoms with van der Waals surface area (Å²) in [6.45, 7) is 3.83. The lowest BCUT2D eigenvalue weighted by atomic mass is 10.1. The Bertz CT molecular complexity index is 1290. The number of hydrogen-bond donors (Lipinski definition) is 0. The fraction of sp³-hybridized carbons (Fsp3) is 0.143. The van der Waals surface area contributed by atoms with Gasteiger partial charge in [-0.2, -0.15) is 4.98 Å². The van der Waals surface area contributed by atoms with E-state index in [9.17, 15) is 8.42 Å². The minimum Gasteiger partial charge on any atom is -0.455 e. The Balaban J connectivity index is 1.56. The quantitative estimate of drug-likeness (QED) is 0.389. The summed E-state index contributed by atoms with van der Waals surface area (Å²) >= 11 is 3.41. The molecule has 0 unspecified atom stereocenters. The van der Waals surface area contributed by atoms with Crippen LogP contribution in [0.5, 0.6) is 0 Å². The molecule has 0 aliphatic heterocycles. The molecule has 0 aliphatic rings. The molecule has 0 saturated carbocycles. The summed E-state index contributed by atoms with van der Waals surface area (Å²) in [6.07, 6.45) is 0. The van der Waals surface area contributed by atoms with E-state index in [2.05, 4.69) is 26.1 Å². The molecule has 0 N–H and O–H groups in total. The molecule has 0 amide bonds. The number of rotatable bonds is 5. The van der Waals surface area contributed by atoms with E-state index < -0.39 is 9.84 Å². The monoisotopic (exact) mass is 472 g/mol. The third-order valence-electron chi connectivity index (χ3n) is 4.55. The van der Waals surface area contributed by atoms with Crippen molar-refractivity contribution in [1.29, 1.82) is 0 Å². The number of aromatic nitrogens is 2. The van der Waals surface area contributed by atoms with Crippen molar-refractivity contribution >= 4 is 25.8 Å². The van der Waals surface area contributed by atoms with Gasteiger partial charge >= 0.3 is 0 Å². The summed E-state index contributed by atoms with van der Waals surface area (Å²) in [5, 5.41) is 3.97. The highest BCUT2D eigenvalue weighted by molar-refractivity contribution is 9.10. The molecule has 2 aromatic carbocycles. The molecule has 6 nitrogen and oxygen atoms in total. The SMILES string of the molecule is Cc1ccc(S(=O)(=O)Cc2ccc(-c3nc(-c4cccc(Br)c4)no3)o2)cc1C. The van der Waals surface area contributed by atoms with Crippen LogP contribution in [0.2, 0.25) is 0 Å². The molecule has 0 spiro atoms. The number of benzene rings is 2. The van der Waals surface area contributed by atoms with E-state index in [4.69, 9.17) is 8.94 Å². The maximum Gasteiger partial charge on any atom is 0.293 e. The molecular formula is C21H17BrN2O4S. The molecule has 8 heteroatoms. The Morgan fingerprint density at radius 3 is 2.59 bits per heavy atom. The van der Waals surface area contributed by atoms with Crippen LogP contribution in [0.3, 0.4) is 0 Å². The summed E-state index contributed by atoms with van der Waals surface area (Å²) in [4.78, 5) is 4.61. The Morgan fingerprint density at radius 2 is 1.83 bits per heavy atom. The van der Waals surface area contributed by atoms with E-state index in [1.54, 1.807) is 30.3 Å². The van der Waals surface area contributed by atoms with E-state index in [1.165, 1.54) is 0 Å². The van der Waals surface area contributed by atoms with Gasteiger partial charge in [-0.3, -0.25) is 0 Å². The van der Waals surface area contributed by atoms with E-state index in [0.717, 1.165) is 21.2 Å². The molecule has 148 valence electrons. The molecule has 0 aliphatic carbocycles. The maximum atomic E-state index is 12.7. The fourth-order valence-electron chi connectivity index (χ4n) is 2.82. The zero-order chi connectivity index (χ0) is 20.6. The van der Waals surface area contributed by atoms with Crippen LogP contribution in [-0.4, -0.2) is 18.6 Å². The molecule has 4 rings (SSSR count). The molecular weight excluding hydrogens is 456 g/mol. The number of halogens is 1. The summed E-state index contributed by atoms with van der Waals surface area (Å²) in [5.41, 5.74) is 2.76. The van der Waals surface area contributed by atoms with Crippen molar-refractivity contribution < 1.29 is 17.4 Å². The van der Waals surface area contributed by atoms with Gasteiger partial charge < -0.3 is 8.94 Å². The van der Waals surface area contributed by atoms with Crippen LogP contribution < -0.4 is 0 Å². The van der Waals surface area contributed by atoms with Gasteiger partial charge in [0.15, 0.2) is 15.6 Å². The Kier molecular flexibility index (Phi) is 5.14. The zero-order valence-electron chi connectivity index (χ0n) is 15.7. The summed E-state index contributed by atoms with van der Waals surface area (Å²) in [6, 6.07) is 15.8. The standard InChI is InChI=1S/C21H17BrN2O4S/c1-13-6-8-18(10-14(13)2)29(25,26)12-17-7-9-19(27-17)21-23-20(24-28-21)15-4-3-5-16(22)11-15/h3-11H,12H2,1-2H3. The van der Waals surface area contributed by atoms with Crippen molar-refractivity contribution in [3.8, 4) is 23.0 Å². The zero-order valence-corrected chi connectivity index (χ0v) is 18.1. The number of nitrogens with zero attached hydrogens (tertiary/aromatic N) is 2. The highest BCUT2D eigenvalue weighted by Crippen LogP contribution is 2.27. The van der Waals surface area contributed by atoms with Gasteiger partial charge in [-0.15, -0.1) is 0 Å². The second-order valence-electron chi connectivity index (χ2n) is 6.70. The van der Waals surface area contributed by atoms with Gasteiger partial charge in [0, 0.05) is 10.0 Å². The highest BCUT2D eigenvalue weighted by atomic mass is 79.9. The van der Waals surface area contributed by atoms with Crippen LogP contribution in [0.1, 0.15) is 16.9 Å². The van der Waals surface area contributed by atoms with Crippen LogP contribution in [-0.2, 0) is 15.6 Å². The Hall–Kier alpha value is -2.71. The molecule has 2 aromatic heterocycles. The molecule has 0 atom stereocenters. The van der Waals surface area contributed by atoms with Crippen LogP contribution >= 0.6 is 15.9 Å². The van der Waals surface area contributed by atoms with Crippen molar-refractivity contribution in [3.63, 3.8) is 0 Å². The lowest BCUT2D eigenvalue weighted by Crippen LogP contribution is -2.05. The van der Waals surface area contributed by atoms with E-state index >= 15 is 0 Å². The van der Waals surface area contributed by atoms with Gasteiger partial charge in [0.2, 0.25) is 5.82 Å². The Labute approximate surface area is 176 Å². The van der Waals surface area contributed by atoms with Crippen LogP contribution in [0, 0.1) is 13.8 Å². The predicted molar refractivity (Wildman–Crippen MR) is 112 cm³/mol. The second-order valence-corrected chi connectivity index (χ2v) is 9.61. The topological polar surface area (TPSA) is 86.2 Å². The van der Waals surface area contributed by atoms with Gasteiger partial charge in [0.05, 0.1) is 4.90 Å². The van der Waals surface area contributed by atoms with Gasteiger partial charge in [-0.1, -0.05) is 39.3 Å². The van der Waals surface area contributed by atoms with Crippen molar-refractivity contribution in [2.75, 3.05) is 0 Å². The largest absolute Gasteiger partial charge is 0.455 e. The average molecular weight is 473 g/mol. The first kappa shape index (κ1) is 19.6. The average Bonchev–Trinajstić information content (AvgIpc) is 3.33. The molecule has 0 radical (unpaired) electrons. The smallest absolute Gasteiger partial charge is 0.293 e. The van der Waals surface area contributed by atoms with Crippen LogP contribution in [0.25, 0.3) is 23.0 Å². The highest BCUT2D eigenvalue weighted by Gasteiger charge is 2.20. The minimum absolute atomic E-state index is 0.190. The fourth-order valence-corrected chi connectivity index (χ4v) is 4.54. The maximum absolute atomic E-state index is 12.7. The van der Waals surface area contributed by atoms with Gasteiger partial charge in [-0.05, 0) is 61.4 Å². The number of sulfone groups is 1. The Morgan fingerprint density at radius 1 is 1.00 bits per heavy atom. The molecule has 0 saturated heterocycles. The predicted octanol–water partition coefficient (Wildman–Crippen LogP) is 5.35. The minimum atomic E-state index is -3.53. The van der Waals surface area contributed by atoms with Crippen molar-refractivity contribution in [1.82, 2.24) is 10.1 Å². The van der Waals surface area contributed by atoms with Crippen molar-refractivity contribution in [3.05, 3.63) is 76.0 Å². The lowest BCUT2D eigenvalue weighted by Gasteiger charge is -2.05. The summed E-state index contributed by atoms with van der Waals surface area (Å²) in [7, 11) is -3.53. The molecule has 29 heavy (non-hydrogen) atoms. The summed E-state index contributed by atoms with van der Waals surface area (Å²) in [5.74, 6) is 0.989. The first-order valence-corrected chi connectivity index (χ1v) is 11.2. The first-order chi connectivity index (χ1) is 13.8. The number of furan rings is 1. The second kappa shape index (κ2) is 7.61. The van der Waals surface area contributed by atoms with E-state index in [0.29, 0.717) is 17.3 Å². The molecule has 0 fully saturated rings. The van der Waals surface area contributed by atoms with Gasteiger partial charge in [-0.25, -0.2) is 8.42 Å². The normalized spacial score (nSPS) is 11.7. The van der Waals surface area contributed by atoms with Crippen LogP contribution in [0.15, 0.2) is 72.9 Å². The number of hydrogen-bond acceptors (Lipinski definition) is 6. The van der Waals surface area contributed by atoms with Gasteiger partial charge in [0.1, 0.15) is 11.5 Å².